The minimum absolute atomic E-state index is 0.00162. The zero-order valence-electron chi connectivity index (χ0n) is 11.8. The molecule has 0 aromatic carbocycles. The van der Waals surface area contributed by atoms with Gasteiger partial charge in [0, 0.05) is 23.5 Å². The molecule has 2 saturated carbocycles. The third-order valence-corrected chi connectivity index (χ3v) is 4.93. The minimum atomic E-state index is -0.387. The second kappa shape index (κ2) is 6.25. The van der Waals surface area contributed by atoms with Gasteiger partial charge in [-0.15, -0.1) is 0 Å². The molecule has 0 aliphatic heterocycles. The molecule has 2 atom stereocenters. The highest BCUT2D eigenvalue weighted by molar-refractivity contribution is 5.81. The Morgan fingerprint density at radius 2 is 1.75 bits per heavy atom. The van der Waals surface area contributed by atoms with Gasteiger partial charge in [0.2, 0.25) is 0 Å². The first kappa shape index (κ1) is 14.8. The van der Waals surface area contributed by atoms with Crippen LogP contribution in [0, 0.1) is 17.3 Å². The number of hydrogen-bond donors (Lipinski definition) is 0. The molecular weight excluding hydrogens is 256 g/mol. The predicted molar refractivity (Wildman–Crippen MR) is 74.8 cm³/mol. The summed E-state index contributed by atoms with van der Waals surface area (Å²) in [5.74, 6) is 0.107. The van der Waals surface area contributed by atoms with Crippen molar-refractivity contribution < 1.29 is 19.1 Å². The highest BCUT2D eigenvalue weighted by Gasteiger charge is 2.54. The average molecular weight is 278 g/mol. The van der Waals surface area contributed by atoms with Gasteiger partial charge in [0.25, 0.3) is 0 Å². The van der Waals surface area contributed by atoms with Crippen LogP contribution in [0.3, 0.4) is 0 Å². The number of carbonyl (C=O) groups is 2. The van der Waals surface area contributed by atoms with Crippen molar-refractivity contribution >= 4 is 11.9 Å². The van der Waals surface area contributed by atoms with E-state index in [1.54, 1.807) is 0 Å². The Labute approximate surface area is 119 Å². The summed E-state index contributed by atoms with van der Waals surface area (Å²) < 4.78 is 10.5. The first-order valence-corrected chi connectivity index (χ1v) is 7.21. The maximum absolute atomic E-state index is 11.3. The molecule has 0 heterocycles. The van der Waals surface area contributed by atoms with E-state index in [1.807, 2.05) is 0 Å². The number of esters is 2. The molecule has 2 unspecified atom stereocenters. The molecule has 2 aliphatic rings. The van der Waals surface area contributed by atoms with E-state index in [-0.39, 0.29) is 23.3 Å². The Morgan fingerprint density at radius 1 is 1.10 bits per heavy atom. The molecule has 20 heavy (non-hydrogen) atoms. The summed E-state index contributed by atoms with van der Waals surface area (Å²) in [6, 6.07) is 0. The summed E-state index contributed by atoms with van der Waals surface area (Å²) in [5.41, 5.74) is -0.00162. The molecule has 0 spiro atoms. The summed E-state index contributed by atoms with van der Waals surface area (Å²) in [4.78, 5) is 22.5. The van der Waals surface area contributed by atoms with Crippen LogP contribution in [0.15, 0.2) is 25.3 Å². The van der Waals surface area contributed by atoms with E-state index in [4.69, 9.17) is 9.47 Å². The van der Waals surface area contributed by atoms with Gasteiger partial charge in [-0.2, -0.15) is 0 Å². The van der Waals surface area contributed by atoms with Crippen LogP contribution in [0.5, 0.6) is 0 Å². The van der Waals surface area contributed by atoms with Crippen molar-refractivity contribution in [1.29, 1.82) is 0 Å². The third-order valence-electron chi connectivity index (χ3n) is 4.93. The lowest BCUT2D eigenvalue weighted by molar-refractivity contribution is -0.168. The van der Waals surface area contributed by atoms with Crippen LogP contribution in [0.4, 0.5) is 0 Å². The zero-order valence-corrected chi connectivity index (χ0v) is 11.8. The molecule has 0 radical (unpaired) electrons. The topological polar surface area (TPSA) is 52.6 Å². The van der Waals surface area contributed by atoms with Crippen molar-refractivity contribution in [3.63, 3.8) is 0 Å². The van der Waals surface area contributed by atoms with Gasteiger partial charge in [0.1, 0.15) is 0 Å². The Bertz CT molecular complexity index is 411. The second-order valence-electron chi connectivity index (χ2n) is 5.74. The summed E-state index contributed by atoms with van der Waals surface area (Å²) in [7, 11) is 0. The molecular formula is C16H22O4. The lowest BCUT2D eigenvalue weighted by Crippen LogP contribution is -2.53. The van der Waals surface area contributed by atoms with Gasteiger partial charge in [-0.25, -0.2) is 9.59 Å². The summed E-state index contributed by atoms with van der Waals surface area (Å²) in [6.07, 6.45) is 8.03. The molecule has 0 saturated heterocycles. The molecule has 2 rings (SSSR count). The van der Waals surface area contributed by atoms with Crippen LogP contribution in [0.25, 0.3) is 0 Å². The number of rotatable bonds is 7. The average Bonchev–Trinajstić information content (AvgIpc) is 2.39. The van der Waals surface area contributed by atoms with Gasteiger partial charge >= 0.3 is 11.9 Å². The maximum Gasteiger partial charge on any atom is 0.330 e. The van der Waals surface area contributed by atoms with Crippen molar-refractivity contribution in [3.8, 4) is 0 Å². The molecule has 0 aromatic heterocycles. The molecule has 2 fully saturated rings. The molecule has 0 amide bonds. The molecule has 0 N–H and O–H groups in total. The highest BCUT2D eigenvalue weighted by atomic mass is 16.5. The summed E-state index contributed by atoms with van der Waals surface area (Å²) in [6.45, 7) is 7.63. The Balaban J connectivity index is 1.96. The Hall–Kier alpha value is -1.58. The first-order valence-electron chi connectivity index (χ1n) is 7.21. The monoisotopic (exact) mass is 278 g/mol. The Kier molecular flexibility index (Phi) is 4.63. The van der Waals surface area contributed by atoms with Crippen LogP contribution < -0.4 is 0 Å². The van der Waals surface area contributed by atoms with E-state index in [1.165, 1.54) is 31.4 Å². The van der Waals surface area contributed by atoms with Gasteiger partial charge < -0.3 is 9.47 Å². The SMILES string of the molecule is C=CC(=O)OCC1CCC1(COC(=O)C=C)C1CCC1. The quantitative estimate of drug-likeness (QED) is 0.530. The first-order chi connectivity index (χ1) is 9.62. The fraction of sp³-hybridized carbons (Fsp3) is 0.625. The van der Waals surface area contributed by atoms with Gasteiger partial charge in [-0.05, 0) is 31.6 Å². The van der Waals surface area contributed by atoms with Gasteiger partial charge in [-0.1, -0.05) is 19.6 Å². The van der Waals surface area contributed by atoms with E-state index in [0.717, 1.165) is 12.8 Å². The van der Waals surface area contributed by atoms with Crippen LogP contribution >= 0.6 is 0 Å². The Morgan fingerprint density at radius 3 is 2.20 bits per heavy atom. The van der Waals surface area contributed by atoms with E-state index >= 15 is 0 Å². The summed E-state index contributed by atoms with van der Waals surface area (Å²) >= 11 is 0. The van der Waals surface area contributed by atoms with Crippen molar-refractivity contribution in [2.24, 2.45) is 17.3 Å². The van der Waals surface area contributed by atoms with Gasteiger partial charge in [-0.3, -0.25) is 0 Å². The molecule has 4 nitrogen and oxygen atoms in total. The normalized spacial score (nSPS) is 28.7. The smallest absolute Gasteiger partial charge is 0.330 e. The van der Waals surface area contributed by atoms with Gasteiger partial charge in [0.15, 0.2) is 0 Å². The third kappa shape index (κ3) is 2.79. The van der Waals surface area contributed by atoms with Crippen LogP contribution in [-0.4, -0.2) is 25.2 Å². The number of hydrogen-bond acceptors (Lipinski definition) is 4. The highest BCUT2D eigenvalue weighted by Crippen LogP contribution is 2.58. The lowest BCUT2D eigenvalue weighted by atomic mass is 9.50. The van der Waals surface area contributed by atoms with Crippen LogP contribution in [0.1, 0.15) is 32.1 Å². The predicted octanol–water partition coefficient (Wildman–Crippen LogP) is 2.64. The van der Waals surface area contributed by atoms with Gasteiger partial charge in [0.05, 0.1) is 13.2 Å². The second-order valence-corrected chi connectivity index (χ2v) is 5.74. The van der Waals surface area contributed by atoms with Crippen molar-refractivity contribution in [3.05, 3.63) is 25.3 Å². The van der Waals surface area contributed by atoms with E-state index in [0.29, 0.717) is 19.1 Å². The van der Waals surface area contributed by atoms with E-state index in [2.05, 4.69) is 13.2 Å². The molecule has 110 valence electrons. The molecule has 0 bridgehead atoms. The fourth-order valence-electron chi connectivity index (χ4n) is 3.30. The summed E-state index contributed by atoms with van der Waals surface area (Å²) in [5, 5.41) is 0. The van der Waals surface area contributed by atoms with E-state index in [9.17, 15) is 9.59 Å². The van der Waals surface area contributed by atoms with Crippen molar-refractivity contribution in [1.82, 2.24) is 0 Å². The maximum atomic E-state index is 11.3. The molecule has 0 aromatic rings. The largest absolute Gasteiger partial charge is 0.462 e. The lowest BCUT2D eigenvalue weighted by Gasteiger charge is -2.56. The molecule has 4 heteroatoms. The van der Waals surface area contributed by atoms with Crippen molar-refractivity contribution in [2.45, 2.75) is 32.1 Å². The molecule has 2 aliphatic carbocycles. The zero-order chi connectivity index (χ0) is 14.6. The van der Waals surface area contributed by atoms with Crippen molar-refractivity contribution in [2.75, 3.05) is 13.2 Å². The minimum Gasteiger partial charge on any atom is -0.462 e. The standard InChI is InChI=1S/C16H22O4/c1-3-14(17)19-10-13-8-9-16(13,12-6-5-7-12)11-20-15(18)4-2/h3-4,12-13H,1-2,5-11H2. The van der Waals surface area contributed by atoms with Crippen LogP contribution in [-0.2, 0) is 19.1 Å². The fourth-order valence-corrected chi connectivity index (χ4v) is 3.30. The van der Waals surface area contributed by atoms with Crippen LogP contribution in [0.2, 0.25) is 0 Å². The number of carbonyl (C=O) groups excluding carboxylic acids is 2. The van der Waals surface area contributed by atoms with E-state index < -0.39 is 0 Å². The number of ether oxygens (including phenoxy) is 2.